The first-order valence-corrected chi connectivity index (χ1v) is 7.27. The van der Waals surface area contributed by atoms with E-state index < -0.39 is 0 Å². The van der Waals surface area contributed by atoms with E-state index >= 15 is 0 Å². The minimum Gasteiger partial charge on any atom is -0.330 e. The van der Waals surface area contributed by atoms with Gasteiger partial charge in [0.1, 0.15) is 0 Å². The number of nitrogens with two attached hydrogens (primary N) is 1. The fourth-order valence-corrected chi connectivity index (χ4v) is 3.79. The van der Waals surface area contributed by atoms with Gasteiger partial charge in [0.05, 0.1) is 6.42 Å². The van der Waals surface area contributed by atoms with Crippen molar-refractivity contribution in [2.45, 2.75) is 43.9 Å². The van der Waals surface area contributed by atoms with E-state index in [2.05, 4.69) is 18.2 Å². The maximum atomic E-state index is 12.0. The highest BCUT2D eigenvalue weighted by Gasteiger charge is 2.37. The number of nitrogens with zero attached hydrogens (tertiary/aromatic N) is 1. The van der Waals surface area contributed by atoms with Crippen LogP contribution in [0.2, 0.25) is 0 Å². The minimum absolute atomic E-state index is 0.106. The molecule has 0 saturated heterocycles. The van der Waals surface area contributed by atoms with Crippen LogP contribution >= 0.6 is 0 Å². The van der Waals surface area contributed by atoms with Crippen LogP contribution in [0.4, 0.5) is 5.69 Å². The number of likely N-dealkylation sites (N-methyl/N-ethyl adjacent to an activating group) is 1. The van der Waals surface area contributed by atoms with E-state index in [9.17, 15) is 4.79 Å². The standard InChI is InChI=1S/C16H22N2O/c1-18-14-7-5-6-13(12(14)10-15(18)19)16(11-17)8-3-2-4-9-16/h5-7H,2-4,8-11,17H2,1H3. The van der Waals surface area contributed by atoms with E-state index in [0.717, 1.165) is 18.5 Å². The zero-order chi connectivity index (χ0) is 13.5. The third-order valence-electron chi connectivity index (χ3n) is 4.99. The van der Waals surface area contributed by atoms with Crippen LogP contribution in [-0.4, -0.2) is 19.5 Å². The summed E-state index contributed by atoms with van der Waals surface area (Å²) in [5, 5.41) is 0. The number of hydrogen-bond acceptors (Lipinski definition) is 2. The maximum Gasteiger partial charge on any atom is 0.231 e. The molecule has 0 atom stereocenters. The molecule has 1 aliphatic heterocycles. The predicted molar refractivity (Wildman–Crippen MR) is 77.4 cm³/mol. The number of carbonyl (C=O) groups excluding carboxylic acids is 1. The van der Waals surface area contributed by atoms with Crippen molar-refractivity contribution in [3.8, 4) is 0 Å². The fraction of sp³-hybridized carbons (Fsp3) is 0.562. The number of hydrogen-bond donors (Lipinski definition) is 1. The molecule has 1 amide bonds. The molecule has 102 valence electrons. The van der Waals surface area contributed by atoms with E-state index in [0.29, 0.717) is 13.0 Å². The lowest BCUT2D eigenvalue weighted by molar-refractivity contribution is -0.117. The van der Waals surface area contributed by atoms with Crippen LogP contribution in [-0.2, 0) is 16.6 Å². The summed E-state index contributed by atoms with van der Waals surface area (Å²) >= 11 is 0. The van der Waals surface area contributed by atoms with Crippen molar-refractivity contribution in [3.63, 3.8) is 0 Å². The second kappa shape index (κ2) is 4.64. The van der Waals surface area contributed by atoms with Gasteiger partial charge in [0.2, 0.25) is 5.91 Å². The molecule has 1 saturated carbocycles. The lowest BCUT2D eigenvalue weighted by atomic mass is 9.68. The van der Waals surface area contributed by atoms with Gasteiger partial charge in [0, 0.05) is 24.7 Å². The molecular formula is C16H22N2O. The monoisotopic (exact) mass is 258 g/mol. The van der Waals surface area contributed by atoms with Crippen LogP contribution in [0.3, 0.4) is 0 Å². The SMILES string of the molecule is CN1C(=O)Cc2c1cccc2C1(CN)CCCCC1. The molecule has 0 aromatic heterocycles. The Labute approximate surface area is 114 Å². The Balaban J connectivity index is 2.09. The molecule has 2 aliphatic rings. The zero-order valence-corrected chi connectivity index (χ0v) is 11.6. The summed E-state index contributed by atoms with van der Waals surface area (Å²) in [7, 11) is 1.87. The van der Waals surface area contributed by atoms with Crippen LogP contribution in [0.1, 0.15) is 43.2 Å². The van der Waals surface area contributed by atoms with Gasteiger partial charge in [-0.25, -0.2) is 0 Å². The molecule has 0 spiro atoms. The smallest absolute Gasteiger partial charge is 0.231 e. The summed E-state index contributed by atoms with van der Waals surface area (Å²) in [5.41, 5.74) is 9.89. The van der Waals surface area contributed by atoms with Crippen molar-refractivity contribution in [2.24, 2.45) is 5.73 Å². The number of benzene rings is 1. The second-order valence-electron chi connectivity index (χ2n) is 5.98. The molecule has 3 nitrogen and oxygen atoms in total. The third kappa shape index (κ3) is 1.88. The first kappa shape index (κ1) is 12.7. The topological polar surface area (TPSA) is 46.3 Å². The number of rotatable bonds is 2. The molecule has 3 rings (SSSR count). The molecule has 1 aromatic carbocycles. The highest BCUT2D eigenvalue weighted by atomic mass is 16.2. The Morgan fingerprint density at radius 3 is 2.68 bits per heavy atom. The van der Waals surface area contributed by atoms with Crippen LogP contribution < -0.4 is 10.6 Å². The van der Waals surface area contributed by atoms with Gasteiger partial charge in [-0.2, -0.15) is 0 Å². The van der Waals surface area contributed by atoms with E-state index in [1.165, 1.54) is 30.4 Å². The Morgan fingerprint density at radius 1 is 1.26 bits per heavy atom. The molecule has 1 aliphatic carbocycles. The molecule has 0 unspecified atom stereocenters. The average Bonchev–Trinajstić information content (AvgIpc) is 2.75. The van der Waals surface area contributed by atoms with Crippen molar-refractivity contribution < 1.29 is 4.79 Å². The Bertz CT molecular complexity index is 503. The Morgan fingerprint density at radius 2 is 2.00 bits per heavy atom. The van der Waals surface area contributed by atoms with Gasteiger partial charge < -0.3 is 10.6 Å². The lowest BCUT2D eigenvalue weighted by Gasteiger charge is -2.38. The van der Waals surface area contributed by atoms with Crippen molar-refractivity contribution in [3.05, 3.63) is 29.3 Å². The van der Waals surface area contributed by atoms with E-state index in [4.69, 9.17) is 5.73 Å². The number of amides is 1. The minimum atomic E-state index is 0.106. The van der Waals surface area contributed by atoms with Gasteiger partial charge in [-0.05, 0) is 30.0 Å². The number of carbonyl (C=O) groups is 1. The van der Waals surface area contributed by atoms with Gasteiger partial charge in [-0.15, -0.1) is 0 Å². The normalized spacial score (nSPS) is 21.6. The van der Waals surface area contributed by atoms with Crippen molar-refractivity contribution in [2.75, 3.05) is 18.5 Å². The second-order valence-corrected chi connectivity index (χ2v) is 5.98. The van der Waals surface area contributed by atoms with Crippen molar-refractivity contribution >= 4 is 11.6 Å². The van der Waals surface area contributed by atoms with Crippen LogP contribution in [0, 0.1) is 0 Å². The van der Waals surface area contributed by atoms with Gasteiger partial charge in [-0.3, -0.25) is 4.79 Å². The molecule has 19 heavy (non-hydrogen) atoms. The summed E-state index contributed by atoms with van der Waals surface area (Å²) < 4.78 is 0. The Kier molecular flexibility index (Phi) is 3.09. The molecule has 1 fully saturated rings. The van der Waals surface area contributed by atoms with Crippen molar-refractivity contribution in [1.29, 1.82) is 0 Å². The summed E-state index contributed by atoms with van der Waals surface area (Å²) in [6.07, 6.45) is 6.70. The quantitative estimate of drug-likeness (QED) is 0.885. The number of anilines is 1. The van der Waals surface area contributed by atoms with E-state index in [1.807, 2.05) is 7.05 Å². The van der Waals surface area contributed by atoms with E-state index in [1.54, 1.807) is 4.90 Å². The molecule has 1 aromatic rings. The van der Waals surface area contributed by atoms with Crippen LogP contribution in [0.25, 0.3) is 0 Å². The summed E-state index contributed by atoms with van der Waals surface area (Å²) in [4.78, 5) is 13.7. The summed E-state index contributed by atoms with van der Waals surface area (Å²) in [6, 6.07) is 6.33. The molecule has 0 bridgehead atoms. The lowest BCUT2D eigenvalue weighted by Crippen LogP contribution is -2.38. The molecule has 0 radical (unpaired) electrons. The molecule has 2 N–H and O–H groups in total. The van der Waals surface area contributed by atoms with Gasteiger partial charge in [-0.1, -0.05) is 31.4 Å². The fourth-order valence-electron chi connectivity index (χ4n) is 3.79. The van der Waals surface area contributed by atoms with Crippen LogP contribution in [0.5, 0.6) is 0 Å². The van der Waals surface area contributed by atoms with E-state index in [-0.39, 0.29) is 11.3 Å². The molecule has 1 heterocycles. The van der Waals surface area contributed by atoms with Crippen molar-refractivity contribution in [1.82, 2.24) is 0 Å². The highest BCUT2D eigenvalue weighted by Crippen LogP contribution is 2.43. The zero-order valence-electron chi connectivity index (χ0n) is 11.6. The maximum absolute atomic E-state index is 12.0. The molecular weight excluding hydrogens is 236 g/mol. The molecule has 3 heteroatoms. The summed E-state index contributed by atoms with van der Waals surface area (Å²) in [6.45, 7) is 0.696. The third-order valence-corrected chi connectivity index (χ3v) is 4.99. The first-order valence-electron chi connectivity index (χ1n) is 7.27. The average molecular weight is 258 g/mol. The van der Waals surface area contributed by atoms with Gasteiger partial charge in [0.25, 0.3) is 0 Å². The van der Waals surface area contributed by atoms with Crippen LogP contribution in [0.15, 0.2) is 18.2 Å². The largest absolute Gasteiger partial charge is 0.330 e. The Hall–Kier alpha value is -1.35. The predicted octanol–water partition coefficient (Wildman–Crippen LogP) is 2.37. The first-order chi connectivity index (χ1) is 9.18. The van der Waals surface area contributed by atoms with Gasteiger partial charge >= 0.3 is 0 Å². The van der Waals surface area contributed by atoms with Gasteiger partial charge in [0.15, 0.2) is 0 Å². The summed E-state index contributed by atoms with van der Waals surface area (Å²) in [5.74, 6) is 0.199. The number of fused-ring (bicyclic) bond motifs is 1. The highest BCUT2D eigenvalue weighted by molar-refractivity contribution is 6.01.